The van der Waals surface area contributed by atoms with Crippen LogP contribution in [0.3, 0.4) is 0 Å². The number of aliphatic hydroxyl groups excluding tert-OH is 1. The average molecular weight is 1380 g/mol. The number of esters is 4. The zero-order valence-electron chi connectivity index (χ0n) is 60.9. The number of ether oxygens (including phenoxy) is 4. The molecular weight excluding hydrogens is 1230 g/mol. The normalized spacial score (nSPS) is 13.9. The molecule has 0 aromatic heterocycles. The van der Waals surface area contributed by atoms with Gasteiger partial charge >= 0.3 is 39.5 Å². The van der Waals surface area contributed by atoms with Crippen LogP contribution < -0.4 is 0 Å². The summed E-state index contributed by atoms with van der Waals surface area (Å²) >= 11 is 0. The molecule has 0 aliphatic carbocycles. The summed E-state index contributed by atoms with van der Waals surface area (Å²) in [5.41, 5.74) is 0. The van der Waals surface area contributed by atoms with E-state index in [2.05, 4.69) is 27.7 Å². The Balaban J connectivity index is 5.23. The summed E-state index contributed by atoms with van der Waals surface area (Å²) in [5, 5.41) is 10.6. The Kier molecular flexibility index (Phi) is 68.1. The van der Waals surface area contributed by atoms with Crippen LogP contribution in [0.15, 0.2) is 0 Å². The fraction of sp³-hybridized carbons (Fsp3) is 0.947. The number of phosphoric acid groups is 2. The molecule has 0 aromatic rings. The highest BCUT2D eigenvalue weighted by Crippen LogP contribution is 2.45. The van der Waals surface area contributed by atoms with Gasteiger partial charge in [0.05, 0.1) is 26.4 Å². The molecule has 0 saturated carbocycles. The molecular formula is C75H146O17P2. The molecule has 0 aliphatic rings. The molecule has 2 unspecified atom stereocenters. The summed E-state index contributed by atoms with van der Waals surface area (Å²) in [6.07, 6.45) is 59.4. The van der Waals surface area contributed by atoms with Crippen molar-refractivity contribution in [2.75, 3.05) is 39.6 Å². The van der Waals surface area contributed by atoms with Crippen LogP contribution >= 0.6 is 15.6 Å². The highest BCUT2D eigenvalue weighted by Gasteiger charge is 2.30. The number of hydrogen-bond acceptors (Lipinski definition) is 15. The van der Waals surface area contributed by atoms with Crippen LogP contribution in [0.1, 0.15) is 400 Å². The van der Waals surface area contributed by atoms with Gasteiger partial charge in [0, 0.05) is 25.7 Å². The monoisotopic (exact) mass is 1380 g/mol. The summed E-state index contributed by atoms with van der Waals surface area (Å²) in [5.74, 6) is -2.11. The van der Waals surface area contributed by atoms with Gasteiger partial charge in [-0.3, -0.25) is 37.3 Å². The van der Waals surface area contributed by atoms with Crippen molar-refractivity contribution < 1.29 is 80.2 Å². The average Bonchev–Trinajstić information content (AvgIpc) is 3.61. The highest BCUT2D eigenvalue weighted by molar-refractivity contribution is 7.47. The van der Waals surface area contributed by atoms with Crippen LogP contribution in [0, 0.1) is 0 Å². The first-order chi connectivity index (χ1) is 45.7. The quantitative estimate of drug-likeness (QED) is 0.0222. The smallest absolute Gasteiger partial charge is 0.462 e. The molecule has 94 heavy (non-hydrogen) atoms. The van der Waals surface area contributed by atoms with Crippen molar-refractivity contribution in [3.63, 3.8) is 0 Å². The second-order valence-electron chi connectivity index (χ2n) is 27.0. The molecule has 558 valence electrons. The topological polar surface area (TPSA) is 237 Å². The summed E-state index contributed by atoms with van der Waals surface area (Å²) in [7, 11) is -9.91. The molecule has 0 rings (SSSR count). The molecule has 0 aliphatic heterocycles. The van der Waals surface area contributed by atoms with Crippen molar-refractivity contribution in [3.05, 3.63) is 0 Å². The van der Waals surface area contributed by atoms with Gasteiger partial charge in [0.15, 0.2) is 12.2 Å². The van der Waals surface area contributed by atoms with E-state index in [9.17, 15) is 43.2 Å². The second kappa shape index (κ2) is 69.5. The zero-order valence-corrected chi connectivity index (χ0v) is 62.7. The van der Waals surface area contributed by atoms with E-state index < -0.39 is 97.5 Å². The largest absolute Gasteiger partial charge is 0.472 e. The molecule has 0 amide bonds. The van der Waals surface area contributed by atoms with E-state index in [1.54, 1.807) is 0 Å². The number of phosphoric ester groups is 2. The highest BCUT2D eigenvalue weighted by atomic mass is 31.2. The maximum absolute atomic E-state index is 13.1. The Morgan fingerprint density at radius 3 is 0.628 bits per heavy atom. The number of hydrogen-bond donors (Lipinski definition) is 3. The van der Waals surface area contributed by atoms with E-state index in [1.807, 2.05) is 0 Å². The van der Waals surface area contributed by atoms with E-state index >= 15 is 0 Å². The van der Waals surface area contributed by atoms with Gasteiger partial charge in [0.1, 0.15) is 19.3 Å². The Hall–Kier alpha value is -1.94. The van der Waals surface area contributed by atoms with Gasteiger partial charge in [-0.15, -0.1) is 0 Å². The number of carbonyl (C=O) groups excluding carboxylic acids is 4. The Bertz CT molecular complexity index is 1790. The van der Waals surface area contributed by atoms with Gasteiger partial charge in [-0.05, 0) is 25.7 Å². The summed E-state index contributed by atoms with van der Waals surface area (Å²) in [6, 6.07) is 0. The second-order valence-corrected chi connectivity index (χ2v) is 29.9. The van der Waals surface area contributed by atoms with Crippen LogP contribution in [0.5, 0.6) is 0 Å². The summed E-state index contributed by atoms with van der Waals surface area (Å²) in [4.78, 5) is 72.8. The molecule has 5 atom stereocenters. The third-order valence-corrected chi connectivity index (χ3v) is 19.5. The number of unbranched alkanes of at least 4 members (excludes halogenated alkanes) is 50. The summed E-state index contributed by atoms with van der Waals surface area (Å²) < 4.78 is 68.5. The van der Waals surface area contributed by atoms with Gasteiger partial charge in [-0.2, -0.15) is 0 Å². The molecule has 0 fully saturated rings. The standard InChI is InChI=1S/C75H146O17P2/c1-5-9-13-17-21-25-29-32-33-34-35-36-38-42-46-50-54-58-62-75(80)92-71(66-86-73(78)60-56-52-48-44-41-37-30-26-22-18-14-10-6-2)68-90-94(83,84)88-64-69(76)63-87-93(81,82)89-67-70(65-85-72(77)59-55-51-47-43-39-28-24-20-16-12-8-4)91-74(79)61-57-53-49-45-40-31-27-23-19-15-11-7-3/h69-71,76H,5-68H2,1-4H3,(H,81,82)(H,83,84)/t69-,70+,71+/m0/s1. The fourth-order valence-electron chi connectivity index (χ4n) is 11.6. The minimum atomic E-state index is -4.95. The molecule has 0 saturated heterocycles. The maximum Gasteiger partial charge on any atom is 0.472 e. The van der Waals surface area contributed by atoms with Crippen LogP contribution in [0.4, 0.5) is 0 Å². The number of rotatable bonds is 76. The molecule has 17 nitrogen and oxygen atoms in total. The molecule has 3 N–H and O–H groups in total. The first-order valence-corrected chi connectivity index (χ1v) is 42.3. The van der Waals surface area contributed by atoms with Gasteiger partial charge in [0.25, 0.3) is 0 Å². The molecule has 0 radical (unpaired) electrons. The van der Waals surface area contributed by atoms with E-state index in [-0.39, 0.29) is 25.7 Å². The minimum absolute atomic E-state index is 0.108. The van der Waals surface area contributed by atoms with Crippen LogP contribution in [0.2, 0.25) is 0 Å². The lowest BCUT2D eigenvalue weighted by molar-refractivity contribution is -0.161. The molecule has 0 aromatic carbocycles. The van der Waals surface area contributed by atoms with Crippen molar-refractivity contribution in [1.29, 1.82) is 0 Å². The lowest BCUT2D eigenvalue weighted by Crippen LogP contribution is -2.30. The molecule has 0 bridgehead atoms. The van der Waals surface area contributed by atoms with Gasteiger partial charge in [0.2, 0.25) is 0 Å². The maximum atomic E-state index is 13.1. The van der Waals surface area contributed by atoms with Gasteiger partial charge < -0.3 is 33.8 Å². The van der Waals surface area contributed by atoms with Crippen molar-refractivity contribution in [2.45, 2.75) is 418 Å². The van der Waals surface area contributed by atoms with E-state index in [0.29, 0.717) is 25.7 Å². The third-order valence-electron chi connectivity index (χ3n) is 17.6. The van der Waals surface area contributed by atoms with E-state index in [1.165, 1.54) is 231 Å². The third kappa shape index (κ3) is 68.6. The number of aliphatic hydroxyl groups is 1. The minimum Gasteiger partial charge on any atom is -0.462 e. The number of carbonyl (C=O) groups is 4. The van der Waals surface area contributed by atoms with Crippen molar-refractivity contribution >= 4 is 39.5 Å². The molecule has 0 heterocycles. The fourth-order valence-corrected chi connectivity index (χ4v) is 13.2. The molecule has 19 heteroatoms. The lowest BCUT2D eigenvalue weighted by atomic mass is 10.0. The first kappa shape index (κ1) is 92.1. The lowest BCUT2D eigenvalue weighted by Gasteiger charge is -2.21. The Morgan fingerprint density at radius 1 is 0.255 bits per heavy atom. The van der Waals surface area contributed by atoms with Crippen molar-refractivity contribution in [2.24, 2.45) is 0 Å². The van der Waals surface area contributed by atoms with Crippen LogP contribution in [-0.2, 0) is 65.4 Å². The summed E-state index contributed by atoms with van der Waals surface area (Å²) in [6.45, 7) is 4.99. The van der Waals surface area contributed by atoms with Crippen molar-refractivity contribution in [3.8, 4) is 0 Å². The predicted molar refractivity (Wildman–Crippen MR) is 382 cm³/mol. The van der Waals surface area contributed by atoms with Crippen molar-refractivity contribution in [1.82, 2.24) is 0 Å². The first-order valence-electron chi connectivity index (χ1n) is 39.3. The Morgan fingerprint density at radius 2 is 0.426 bits per heavy atom. The zero-order chi connectivity index (χ0) is 69.0. The van der Waals surface area contributed by atoms with Crippen LogP contribution in [0.25, 0.3) is 0 Å². The molecule has 0 spiro atoms. The van der Waals surface area contributed by atoms with E-state index in [0.717, 1.165) is 89.9 Å². The van der Waals surface area contributed by atoms with E-state index in [4.69, 9.17) is 37.0 Å². The van der Waals surface area contributed by atoms with Gasteiger partial charge in [-0.1, -0.05) is 349 Å². The van der Waals surface area contributed by atoms with Gasteiger partial charge in [-0.25, -0.2) is 9.13 Å². The van der Waals surface area contributed by atoms with Crippen LogP contribution in [-0.4, -0.2) is 96.7 Å². The Labute approximate surface area is 575 Å². The predicted octanol–water partition coefficient (Wildman–Crippen LogP) is 22.2. The SMILES string of the molecule is CCCCCCCCCCCCCCCCCCCCC(=O)O[C@H](COC(=O)CCCCCCCCCCCCCCC)COP(=O)(O)OC[C@@H](O)COP(=O)(O)OC[C@@H](COC(=O)CCCCCCCCCCCCC)OC(=O)CCCCCCCCCCCCCC.